The van der Waals surface area contributed by atoms with Crippen LogP contribution in [0.5, 0.6) is 5.75 Å². The molecule has 5 nitrogen and oxygen atoms in total. The van der Waals surface area contributed by atoms with Crippen molar-refractivity contribution in [3.63, 3.8) is 0 Å². The van der Waals surface area contributed by atoms with Crippen LogP contribution >= 0.6 is 11.8 Å². The molecule has 0 atom stereocenters. The summed E-state index contributed by atoms with van der Waals surface area (Å²) in [6.07, 6.45) is 3.61. The number of methoxy groups -OCH3 is 1. The number of carbonyl (C=O) groups is 1. The zero-order chi connectivity index (χ0) is 18.4. The van der Waals surface area contributed by atoms with Crippen LogP contribution in [0.3, 0.4) is 0 Å². The van der Waals surface area contributed by atoms with Crippen molar-refractivity contribution in [2.75, 3.05) is 25.7 Å². The lowest BCUT2D eigenvalue weighted by Crippen LogP contribution is -2.24. The van der Waals surface area contributed by atoms with Crippen molar-refractivity contribution in [2.24, 2.45) is 0 Å². The average Bonchev–Trinajstić information content (AvgIpc) is 3.07. The molecule has 3 rings (SSSR count). The normalized spacial score (nSPS) is 10.8. The van der Waals surface area contributed by atoms with Gasteiger partial charge in [0, 0.05) is 18.5 Å². The largest absolute Gasteiger partial charge is 0.497 e. The number of fused-ring (bicyclic) bond motifs is 1. The molecule has 1 amide bonds. The van der Waals surface area contributed by atoms with E-state index in [1.54, 1.807) is 31.0 Å². The zero-order valence-corrected chi connectivity index (χ0v) is 15.8. The Bertz CT molecular complexity index is 874. The zero-order valence-electron chi connectivity index (χ0n) is 15.0. The van der Waals surface area contributed by atoms with Gasteiger partial charge in [0.05, 0.1) is 7.11 Å². The Morgan fingerprint density at radius 2 is 2.04 bits per heavy atom. The van der Waals surface area contributed by atoms with Gasteiger partial charge in [-0.25, -0.2) is 4.98 Å². The van der Waals surface area contributed by atoms with Crippen molar-refractivity contribution in [3.05, 3.63) is 59.5 Å². The molecule has 6 heteroatoms. The Labute approximate surface area is 157 Å². The maximum Gasteiger partial charge on any atom is 0.251 e. The highest BCUT2D eigenvalue weighted by atomic mass is 32.2. The van der Waals surface area contributed by atoms with Crippen LogP contribution in [0.4, 0.5) is 0 Å². The summed E-state index contributed by atoms with van der Waals surface area (Å²) in [5.74, 6) is 2.40. The molecular formula is C20H22N2O3S. The third kappa shape index (κ3) is 4.58. The highest BCUT2D eigenvalue weighted by Crippen LogP contribution is 2.20. The van der Waals surface area contributed by atoms with Crippen LogP contribution in [-0.4, -0.2) is 36.6 Å². The molecule has 0 saturated heterocycles. The molecular weight excluding hydrogens is 348 g/mol. The van der Waals surface area contributed by atoms with Gasteiger partial charge in [-0.2, -0.15) is 11.8 Å². The maximum atomic E-state index is 12.2. The molecule has 1 heterocycles. The van der Waals surface area contributed by atoms with E-state index in [9.17, 15) is 4.79 Å². The minimum Gasteiger partial charge on any atom is -0.497 e. The van der Waals surface area contributed by atoms with Crippen molar-refractivity contribution < 1.29 is 13.9 Å². The van der Waals surface area contributed by atoms with Crippen LogP contribution in [-0.2, 0) is 6.42 Å². The van der Waals surface area contributed by atoms with Gasteiger partial charge >= 0.3 is 0 Å². The first-order valence-corrected chi connectivity index (χ1v) is 9.88. The fraction of sp³-hybridized carbons (Fsp3) is 0.300. The van der Waals surface area contributed by atoms with E-state index in [0.29, 0.717) is 30.0 Å². The number of amides is 1. The molecule has 1 aromatic heterocycles. The van der Waals surface area contributed by atoms with E-state index in [-0.39, 0.29) is 5.91 Å². The first-order chi connectivity index (χ1) is 12.7. The van der Waals surface area contributed by atoms with Gasteiger partial charge in [-0.05, 0) is 54.3 Å². The number of benzene rings is 2. The third-order valence-corrected chi connectivity index (χ3v) is 4.72. The Kier molecular flexibility index (Phi) is 6.17. The Hall–Kier alpha value is -2.47. The number of carbonyl (C=O) groups excluding carboxylic acids is 1. The van der Waals surface area contributed by atoms with Gasteiger partial charge in [-0.15, -0.1) is 0 Å². The van der Waals surface area contributed by atoms with E-state index in [2.05, 4.69) is 16.6 Å². The van der Waals surface area contributed by atoms with Gasteiger partial charge in [-0.1, -0.05) is 12.1 Å². The fourth-order valence-electron chi connectivity index (χ4n) is 2.63. The smallest absolute Gasteiger partial charge is 0.251 e. The van der Waals surface area contributed by atoms with E-state index in [0.717, 1.165) is 29.0 Å². The van der Waals surface area contributed by atoms with E-state index >= 15 is 0 Å². The number of oxazole rings is 1. The molecule has 0 aliphatic rings. The SMILES string of the molecule is COc1ccc(Cc2nc3ccc(C(=O)NCCCSC)cc3o2)cc1. The van der Waals surface area contributed by atoms with Crippen molar-refractivity contribution >= 4 is 28.8 Å². The second-order valence-electron chi connectivity index (χ2n) is 5.92. The minimum absolute atomic E-state index is 0.0823. The fourth-order valence-corrected chi connectivity index (χ4v) is 3.06. The van der Waals surface area contributed by atoms with Crippen LogP contribution in [0.1, 0.15) is 28.2 Å². The number of rotatable bonds is 8. The monoisotopic (exact) mass is 370 g/mol. The molecule has 0 aliphatic carbocycles. The van der Waals surface area contributed by atoms with Crippen LogP contribution in [0, 0.1) is 0 Å². The van der Waals surface area contributed by atoms with E-state index < -0.39 is 0 Å². The van der Waals surface area contributed by atoms with Gasteiger partial charge in [0.25, 0.3) is 5.91 Å². The standard InChI is InChI=1S/C20H22N2O3S/c1-24-16-7-4-14(5-8-16)12-19-22-17-9-6-15(13-18(17)25-19)20(23)21-10-3-11-26-2/h4-9,13H,3,10-12H2,1-2H3,(H,21,23). The molecule has 2 aromatic carbocycles. The summed E-state index contributed by atoms with van der Waals surface area (Å²) >= 11 is 1.77. The van der Waals surface area contributed by atoms with E-state index in [1.807, 2.05) is 30.3 Å². The Morgan fingerprint density at radius 3 is 2.77 bits per heavy atom. The first kappa shape index (κ1) is 18.3. The number of nitrogens with one attached hydrogen (secondary N) is 1. The van der Waals surface area contributed by atoms with Gasteiger partial charge < -0.3 is 14.5 Å². The lowest BCUT2D eigenvalue weighted by atomic mass is 10.1. The van der Waals surface area contributed by atoms with Crippen molar-refractivity contribution in [3.8, 4) is 5.75 Å². The van der Waals surface area contributed by atoms with Crippen LogP contribution < -0.4 is 10.1 Å². The van der Waals surface area contributed by atoms with Crippen LogP contribution in [0.25, 0.3) is 11.1 Å². The minimum atomic E-state index is -0.0823. The van der Waals surface area contributed by atoms with Crippen LogP contribution in [0.15, 0.2) is 46.9 Å². The van der Waals surface area contributed by atoms with Gasteiger partial charge in [-0.3, -0.25) is 4.79 Å². The Balaban J connectivity index is 1.69. The third-order valence-electron chi connectivity index (χ3n) is 4.02. The number of nitrogens with zero attached hydrogens (tertiary/aromatic N) is 1. The van der Waals surface area contributed by atoms with Crippen molar-refractivity contribution in [1.29, 1.82) is 0 Å². The highest BCUT2D eigenvalue weighted by Gasteiger charge is 2.11. The van der Waals surface area contributed by atoms with E-state index in [4.69, 9.17) is 9.15 Å². The molecule has 26 heavy (non-hydrogen) atoms. The summed E-state index contributed by atoms with van der Waals surface area (Å²) < 4.78 is 11.0. The molecule has 1 N–H and O–H groups in total. The Morgan fingerprint density at radius 1 is 1.23 bits per heavy atom. The summed E-state index contributed by atoms with van der Waals surface area (Å²) in [5.41, 5.74) is 3.07. The lowest BCUT2D eigenvalue weighted by Gasteiger charge is -2.04. The van der Waals surface area contributed by atoms with Crippen molar-refractivity contribution in [1.82, 2.24) is 10.3 Å². The summed E-state index contributed by atoms with van der Waals surface area (Å²) in [6, 6.07) is 13.2. The van der Waals surface area contributed by atoms with Crippen molar-refractivity contribution in [2.45, 2.75) is 12.8 Å². The van der Waals surface area contributed by atoms with E-state index in [1.165, 1.54) is 0 Å². The highest BCUT2D eigenvalue weighted by molar-refractivity contribution is 7.98. The van der Waals surface area contributed by atoms with Gasteiger partial charge in [0.15, 0.2) is 11.5 Å². The number of hydrogen-bond acceptors (Lipinski definition) is 5. The maximum absolute atomic E-state index is 12.2. The number of aromatic nitrogens is 1. The molecule has 0 unspecified atom stereocenters. The second-order valence-corrected chi connectivity index (χ2v) is 6.90. The second kappa shape index (κ2) is 8.76. The predicted octanol–water partition coefficient (Wildman–Crippen LogP) is 3.91. The summed E-state index contributed by atoms with van der Waals surface area (Å²) in [7, 11) is 1.65. The molecule has 0 saturated carbocycles. The van der Waals surface area contributed by atoms with Gasteiger partial charge in [0.1, 0.15) is 11.3 Å². The molecule has 3 aromatic rings. The molecule has 0 fully saturated rings. The number of hydrogen-bond donors (Lipinski definition) is 1. The molecule has 0 aliphatic heterocycles. The lowest BCUT2D eigenvalue weighted by molar-refractivity contribution is 0.0954. The summed E-state index contributed by atoms with van der Waals surface area (Å²) in [5, 5.41) is 2.93. The molecule has 136 valence electrons. The molecule has 0 radical (unpaired) electrons. The topological polar surface area (TPSA) is 64.4 Å². The number of thioether (sulfide) groups is 1. The summed E-state index contributed by atoms with van der Waals surface area (Å²) in [6.45, 7) is 0.677. The number of ether oxygens (including phenoxy) is 1. The quantitative estimate of drug-likeness (QED) is 0.609. The molecule has 0 spiro atoms. The van der Waals surface area contributed by atoms with Gasteiger partial charge in [0.2, 0.25) is 0 Å². The first-order valence-electron chi connectivity index (χ1n) is 8.49. The van der Waals surface area contributed by atoms with Crippen LogP contribution in [0.2, 0.25) is 0 Å². The predicted molar refractivity (Wildman–Crippen MR) is 105 cm³/mol. The average molecular weight is 370 g/mol. The summed E-state index contributed by atoms with van der Waals surface area (Å²) in [4.78, 5) is 16.7. The molecule has 0 bridgehead atoms.